The van der Waals surface area contributed by atoms with Crippen LogP contribution in [0, 0.1) is 0 Å². The molecule has 0 atom stereocenters. The van der Waals surface area contributed by atoms with Crippen LogP contribution in [0.5, 0.6) is 0 Å². The largest absolute Gasteiger partial charge is 0.301 e. The van der Waals surface area contributed by atoms with E-state index in [2.05, 4.69) is 32.3 Å². The van der Waals surface area contributed by atoms with Gasteiger partial charge in [-0.3, -0.25) is 0 Å². The highest BCUT2D eigenvalue weighted by Gasteiger charge is 2.17. The highest BCUT2D eigenvalue weighted by atomic mass is 32.2. The number of nitrogens with zero attached hydrogens (tertiary/aromatic N) is 3. The molecule has 0 N–H and O–H groups in total. The first-order chi connectivity index (χ1) is 6.95. The average Bonchev–Trinajstić information content (AvgIpc) is 2.85. The minimum atomic E-state index is 1.03. The summed E-state index contributed by atoms with van der Waals surface area (Å²) in [5, 5.41) is 11.6. The van der Waals surface area contributed by atoms with E-state index in [1.54, 1.807) is 23.1 Å². The summed E-state index contributed by atoms with van der Waals surface area (Å²) in [5.74, 6) is 2.20. The molecule has 2 aromatic heterocycles. The summed E-state index contributed by atoms with van der Waals surface area (Å²) in [6.45, 7) is 1.06. The number of fused-ring (bicyclic) bond motifs is 1. The quantitative estimate of drug-likeness (QED) is 0.744. The maximum Gasteiger partial charge on any atom is 0.191 e. The van der Waals surface area contributed by atoms with Gasteiger partial charge in [-0.1, -0.05) is 17.8 Å². The highest BCUT2D eigenvalue weighted by Crippen LogP contribution is 2.30. The fraction of sp³-hybridized carbons (Fsp3) is 0.333. The Morgan fingerprint density at radius 2 is 2.36 bits per heavy atom. The van der Waals surface area contributed by atoms with E-state index in [1.807, 2.05) is 0 Å². The zero-order valence-corrected chi connectivity index (χ0v) is 9.14. The standard InChI is InChI=1S/C9H9N3S2/c1-3-7(13-5-1)8-10-11-9-12(8)4-2-6-14-9/h1,3,5H,2,4,6H2. The molecule has 14 heavy (non-hydrogen) atoms. The maximum atomic E-state index is 4.24. The summed E-state index contributed by atoms with van der Waals surface area (Å²) >= 11 is 3.52. The first kappa shape index (κ1) is 8.49. The van der Waals surface area contributed by atoms with Crippen LogP contribution in [0.4, 0.5) is 0 Å². The van der Waals surface area contributed by atoms with E-state index in [0.717, 1.165) is 17.5 Å². The van der Waals surface area contributed by atoms with E-state index < -0.39 is 0 Å². The van der Waals surface area contributed by atoms with Crippen molar-refractivity contribution in [1.82, 2.24) is 14.8 Å². The van der Waals surface area contributed by atoms with E-state index in [4.69, 9.17) is 0 Å². The lowest BCUT2D eigenvalue weighted by Crippen LogP contribution is -2.07. The fourth-order valence-electron chi connectivity index (χ4n) is 1.57. The first-order valence-corrected chi connectivity index (χ1v) is 6.41. The lowest BCUT2D eigenvalue weighted by Gasteiger charge is -2.13. The number of aromatic nitrogens is 3. The normalized spacial score (nSPS) is 15.4. The van der Waals surface area contributed by atoms with Crippen LogP contribution in [0.3, 0.4) is 0 Å². The molecule has 3 heterocycles. The first-order valence-electron chi connectivity index (χ1n) is 4.55. The second-order valence-electron chi connectivity index (χ2n) is 3.14. The molecule has 2 aromatic rings. The van der Waals surface area contributed by atoms with Crippen molar-refractivity contribution in [2.24, 2.45) is 0 Å². The molecule has 0 fully saturated rings. The molecule has 0 radical (unpaired) electrons. The molecule has 72 valence electrons. The smallest absolute Gasteiger partial charge is 0.191 e. The summed E-state index contributed by atoms with van der Waals surface area (Å²) in [6, 6.07) is 4.15. The van der Waals surface area contributed by atoms with Gasteiger partial charge in [-0.25, -0.2) is 0 Å². The second kappa shape index (κ2) is 3.40. The van der Waals surface area contributed by atoms with Crippen molar-refractivity contribution in [2.45, 2.75) is 18.1 Å². The van der Waals surface area contributed by atoms with Crippen molar-refractivity contribution >= 4 is 23.1 Å². The zero-order chi connectivity index (χ0) is 9.38. The SMILES string of the molecule is c1csc(-c2nnc3n2CCCS3)c1. The van der Waals surface area contributed by atoms with E-state index in [-0.39, 0.29) is 0 Å². The lowest BCUT2D eigenvalue weighted by atomic mass is 10.4. The molecule has 0 aliphatic carbocycles. The van der Waals surface area contributed by atoms with E-state index in [9.17, 15) is 0 Å². The molecule has 0 bridgehead atoms. The van der Waals surface area contributed by atoms with Crippen LogP contribution in [-0.2, 0) is 6.54 Å². The average molecular weight is 223 g/mol. The van der Waals surface area contributed by atoms with Gasteiger partial charge in [0.25, 0.3) is 0 Å². The number of thiophene rings is 1. The van der Waals surface area contributed by atoms with Gasteiger partial charge in [0.05, 0.1) is 4.88 Å². The number of hydrogen-bond donors (Lipinski definition) is 0. The number of rotatable bonds is 1. The fourth-order valence-corrected chi connectivity index (χ4v) is 3.18. The van der Waals surface area contributed by atoms with Crippen molar-refractivity contribution in [3.05, 3.63) is 17.5 Å². The van der Waals surface area contributed by atoms with Crippen LogP contribution in [0.25, 0.3) is 10.7 Å². The Hall–Kier alpha value is -0.810. The van der Waals surface area contributed by atoms with Crippen LogP contribution < -0.4 is 0 Å². The zero-order valence-electron chi connectivity index (χ0n) is 7.51. The minimum absolute atomic E-state index is 1.03. The molecule has 0 spiro atoms. The molecule has 3 rings (SSSR count). The highest BCUT2D eigenvalue weighted by molar-refractivity contribution is 7.99. The van der Waals surface area contributed by atoms with Crippen LogP contribution in [-0.4, -0.2) is 20.5 Å². The van der Waals surface area contributed by atoms with Gasteiger partial charge in [0, 0.05) is 12.3 Å². The predicted octanol–water partition coefficient (Wildman–Crippen LogP) is 2.50. The molecule has 5 heteroatoms. The van der Waals surface area contributed by atoms with Crippen LogP contribution >= 0.6 is 23.1 Å². The van der Waals surface area contributed by atoms with Crippen molar-refractivity contribution < 1.29 is 0 Å². The van der Waals surface area contributed by atoms with Crippen LogP contribution in [0.1, 0.15) is 6.42 Å². The van der Waals surface area contributed by atoms with Gasteiger partial charge in [0.2, 0.25) is 0 Å². The lowest BCUT2D eigenvalue weighted by molar-refractivity contribution is 0.613. The van der Waals surface area contributed by atoms with Gasteiger partial charge in [-0.15, -0.1) is 21.5 Å². The summed E-state index contributed by atoms with van der Waals surface area (Å²) < 4.78 is 2.22. The minimum Gasteiger partial charge on any atom is -0.301 e. The van der Waals surface area contributed by atoms with Crippen molar-refractivity contribution in [3.8, 4) is 10.7 Å². The summed E-state index contributed by atoms with van der Waals surface area (Å²) in [6.07, 6.45) is 1.22. The van der Waals surface area contributed by atoms with Crippen LogP contribution in [0.15, 0.2) is 22.7 Å². The Balaban J connectivity index is 2.11. The molecule has 0 saturated carbocycles. The molecule has 0 aromatic carbocycles. The third-order valence-electron chi connectivity index (χ3n) is 2.22. The Kier molecular flexibility index (Phi) is 2.06. The van der Waals surface area contributed by atoms with Gasteiger partial charge in [-0.2, -0.15) is 0 Å². The van der Waals surface area contributed by atoms with Crippen molar-refractivity contribution in [2.75, 3.05) is 5.75 Å². The van der Waals surface area contributed by atoms with Crippen LogP contribution in [0.2, 0.25) is 0 Å². The number of hydrogen-bond acceptors (Lipinski definition) is 4. The van der Waals surface area contributed by atoms with Crippen molar-refractivity contribution in [1.29, 1.82) is 0 Å². The molecular weight excluding hydrogens is 214 g/mol. The Bertz CT molecular complexity index is 433. The van der Waals surface area contributed by atoms with Gasteiger partial charge in [0.1, 0.15) is 0 Å². The third-order valence-corrected chi connectivity index (χ3v) is 4.13. The predicted molar refractivity (Wildman–Crippen MR) is 58.7 cm³/mol. The molecule has 1 aliphatic heterocycles. The van der Waals surface area contributed by atoms with Gasteiger partial charge < -0.3 is 4.57 Å². The van der Waals surface area contributed by atoms with Gasteiger partial charge >= 0.3 is 0 Å². The molecule has 3 nitrogen and oxygen atoms in total. The Morgan fingerprint density at radius 1 is 1.36 bits per heavy atom. The second-order valence-corrected chi connectivity index (χ2v) is 5.15. The van der Waals surface area contributed by atoms with Gasteiger partial charge in [0.15, 0.2) is 11.0 Å². The van der Waals surface area contributed by atoms with E-state index in [0.29, 0.717) is 0 Å². The summed E-state index contributed by atoms with van der Waals surface area (Å²) in [7, 11) is 0. The maximum absolute atomic E-state index is 4.24. The summed E-state index contributed by atoms with van der Waals surface area (Å²) in [5.41, 5.74) is 0. The number of thioether (sulfide) groups is 1. The summed E-state index contributed by atoms with van der Waals surface area (Å²) in [4.78, 5) is 1.21. The molecule has 0 saturated heterocycles. The van der Waals surface area contributed by atoms with Crippen molar-refractivity contribution in [3.63, 3.8) is 0 Å². The van der Waals surface area contributed by atoms with Gasteiger partial charge in [-0.05, 0) is 17.9 Å². The molecule has 0 unspecified atom stereocenters. The topological polar surface area (TPSA) is 30.7 Å². The Labute approximate surface area is 90.2 Å². The monoisotopic (exact) mass is 223 g/mol. The molecule has 0 amide bonds. The molecule has 1 aliphatic rings. The Morgan fingerprint density at radius 3 is 3.21 bits per heavy atom. The molecular formula is C9H9N3S2. The van der Waals surface area contributed by atoms with E-state index >= 15 is 0 Å². The van der Waals surface area contributed by atoms with E-state index in [1.165, 1.54) is 17.1 Å². The third kappa shape index (κ3) is 1.27.